The van der Waals surface area contributed by atoms with Crippen molar-refractivity contribution in [3.63, 3.8) is 0 Å². The van der Waals surface area contributed by atoms with Gasteiger partial charge >= 0.3 is 0 Å². The zero-order valence-electron chi connectivity index (χ0n) is 14.7. The van der Waals surface area contributed by atoms with Crippen LogP contribution in [-0.4, -0.2) is 44.0 Å². The van der Waals surface area contributed by atoms with Gasteiger partial charge in [-0.15, -0.1) is 0 Å². The predicted molar refractivity (Wildman–Crippen MR) is 96.9 cm³/mol. The van der Waals surface area contributed by atoms with Crippen LogP contribution in [0.2, 0.25) is 0 Å². The van der Waals surface area contributed by atoms with Crippen molar-refractivity contribution in [3.8, 4) is 5.75 Å². The Hall–Kier alpha value is -2.40. The van der Waals surface area contributed by atoms with Crippen LogP contribution in [0.25, 0.3) is 0 Å². The van der Waals surface area contributed by atoms with Crippen molar-refractivity contribution in [1.29, 1.82) is 0 Å². The maximum atomic E-state index is 13.5. The van der Waals surface area contributed by atoms with Gasteiger partial charge in [0, 0.05) is 49.5 Å². The van der Waals surface area contributed by atoms with E-state index in [9.17, 15) is 9.18 Å². The smallest absolute Gasteiger partial charge is 0.159 e. The van der Waals surface area contributed by atoms with E-state index in [0.29, 0.717) is 6.54 Å². The molecule has 1 heterocycles. The number of rotatable bonds is 5. The SMILES string of the molecule is COc1ccc(F)cc1CN1CCN(c2ccc(C(C)=O)cc2)CC1. The topological polar surface area (TPSA) is 32.8 Å². The third kappa shape index (κ3) is 4.17. The number of ether oxygens (including phenoxy) is 1. The molecule has 132 valence electrons. The zero-order chi connectivity index (χ0) is 17.8. The number of piperazine rings is 1. The first-order chi connectivity index (χ1) is 12.1. The van der Waals surface area contributed by atoms with Crippen molar-refractivity contribution in [2.75, 3.05) is 38.2 Å². The van der Waals surface area contributed by atoms with Crippen molar-refractivity contribution < 1.29 is 13.9 Å². The molecular formula is C20H23FN2O2. The Morgan fingerprint density at radius 2 is 1.76 bits per heavy atom. The van der Waals surface area contributed by atoms with E-state index >= 15 is 0 Å². The summed E-state index contributed by atoms with van der Waals surface area (Å²) in [5.74, 6) is 0.573. The predicted octanol–water partition coefficient (Wildman–Crippen LogP) is 3.36. The summed E-state index contributed by atoms with van der Waals surface area (Å²) in [4.78, 5) is 16.0. The van der Waals surface area contributed by atoms with Gasteiger partial charge in [-0.05, 0) is 49.4 Å². The van der Waals surface area contributed by atoms with Crippen LogP contribution in [0, 0.1) is 5.82 Å². The van der Waals surface area contributed by atoms with Crippen molar-refractivity contribution in [2.45, 2.75) is 13.5 Å². The normalized spacial score (nSPS) is 15.2. The number of hydrogen-bond donors (Lipinski definition) is 0. The highest BCUT2D eigenvalue weighted by Gasteiger charge is 2.19. The molecule has 0 N–H and O–H groups in total. The molecule has 0 saturated carbocycles. The molecule has 1 aliphatic heterocycles. The summed E-state index contributed by atoms with van der Waals surface area (Å²) in [5, 5.41) is 0. The molecule has 0 bridgehead atoms. The molecule has 1 aliphatic rings. The standard InChI is InChI=1S/C20H23FN2O2/c1-15(24)16-3-6-19(7-4-16)23-11-9-22(10-12-23)14-17-13-18(21)5-8-20(17)25-2/h3-8,13H,9-12,14H2,1-2H3. The average Bonchev–Trinajstić information content (AvgIpc) is 2.63. The number of anilines is 1. The maximum Gasteiger partial charge on any atom is 0.159 e. The lowest BCUT2D eigenvalue weighted by Crippen LogP contribution is -2.46. The van der Waals surface area contributed by atoms with Gasteiger partial charge in [-0.2, -0.15) is 0 Å². The highest BCUT2D eigenvalue weighted by Crippen LogP contribution is 2.23. The van der Waals surface area contributed by atoms with Gasteiger partial charge in [-0.25, -0.2) is 4.39 Å². The molecule has 5 heteroatoms. The molecule has 0 aliphatic carbocycles. The third-order valence-corrected chi connectivity index (χ3v) is 4.65. The molecule has 25 heavy (non-hydrogen) atoms. The second-order valence-corrected chi connectivity index (χ2v) is 6.32. The highest BCUT2D eigenvalue weighted by atomic mass is 19.1. The van der Waals surface area contributed by atoms with E-state index < -0.39 is 0 Å². The van der Waals surface area contributed by atoms with Crippen molar-refractivity contribution in [3.05, 3.63) is 59.4 Å². The second-order valence-electron chi connectivity index (χ2n) is 6.32. The molecule has 0 radical (unpaired) electrons. The van der Waals surface area contributed by atoms with E-state index in [1.54, 1.807) is 26.2 Å². The summed E-state index contributed by atoms with van der Waals surface area (Å²) in [7, 11) is 1.61. The fourth-order valence-corrected chi connectivity index (χ4v) is 3.18. The van der Waals surface area contributed by atoms with Gasteiger partial charge in [-0.1, -0.05) is 0 Å². The van der Waals surface area contributed by atoms with Crippen LogP contribution in [0.3, 0.4) is 0 Å². The van der Waals surface area contributed by atoms with Gasteiger partial charge < -0.3 is 9.64 Å². The van der Waals surface area contributed by atoms with Gasteiger partial charge in [0.25, 0.3) is 0 Å². The summed E-state index contributed by atoms with van der Waals surface area (Å²) < 4.78 is 18.8. The Balaban J connectivity index is 1.60. The van der Waals surface area contributed by atoms with E-state index in [4.69, 9.17) is 4.74 Å². The third-order valence-electron chi connectivity index (χ3n) is 4.65. The summed E-state index contributed by atoms with van der Waals surface area (Å²) in [6.07, 6.45) is 0. The molecule has 4 nitrogen and oxygen atoms in total. The molecule has 3 rings (SSSR count). The number of carbonyl (C=O) groups is 1. The minimum absolute atomic E-state index is 0.0837. The average molecular weight is 342 g/mol. The van der Waals surface area contributed by atoms with Crippen LogP contribution in [0.4, 0.5) is 10.1 Å². The highest BCUT2D eigenvalue weighted by molar-refractivity contribution is 5.94. The lowest BCUT2D eigenvalue weighted by atomic mass is 10.1. The molecular weight excluding hydrogens is 319 g/mol. The number of carbonyl (C=O) groups excluding carboxylic acids is 1. The summed E-state index contributed by atoms with van der Waals surface area (Å²) in [5.41, 5.74) is 2.75. The molecule has 2 aromatic carbocycles. The molecule has 0 spiro atoms. The van der Waals surface area contributed by atoms with Crippen LogP contribution in [0.1, 0.15) is 22.8 Å². The van der Waals surface area contributed by atoms with E-state index in [0.717, 1.165) is 48.7 Å². The number of methoxy groups -OCH3 is 1. The van der Waals surface area contributed by atoms with Crippen LogP contribution >= 0.6 is 0 Å². The molecule has 0 aromatic heterocycles. The molecule has 1 fully saturated rings. The van der Waals surface area contributed by atoms with E-state index in [1.165, 1.54) is 6.07 Å². The summed E-state index contributed by atoms with van der Waals surface area (Å²) in [6.45, 7) is 5.85. The first-order valence-electron chi connectivity index (χ1n) is 8.47. The van der Waals surface area contributed by atoms with Crippen molar-refractivity contribution in [1.82, 2.24) is 4.90 Å². The maximum absolute atomic E-state index is 13.5. The molecule has 0 atom stereocenters. The minimum atomic E-state index is -0.236. The molecule has 0 unspecified atom stereocenters. The number of hydrogen-bond acceptors (Lipinski definition) is 4. The minimum Gasteiger partial charge on any atom is -0.496 e. The number of ketones is 1. The number of benzene rings is 2. The Bertz CT molecular complexity index is 738. The van der Waals surface area contributed by atoms with Crippen LogP contribution in [-0.2, 0) is 6.54 Å². The van der Waals surface area contributed by atoms with Crippen LogP contribution in [0.15, 0.2) is 42.5 Å². The molecule has 0 amide bonds. The van der Waals surface area contributed by atoms with Gasteiger partial charge in [0.1, 0.15) is 11.6 Å². The fraction of sp³-hybridized carbons (Fsp3) is 0.350. The number of nitrogens with zero attached hydrogens (tertiary/aromatic N) is 2. The quantitative estimate of drug-likeness (QED) is 0.780. The largest absolute Gasteiger partial charge is 0.496 e. The van der Waals surface area contributed by atoms with E-state index in [1.807, 2.05) is 24.3 Å². The van der Waals surface area contributed by atoms with Gasteiger partial charge in [0.05, 0.1) is 7.11 Å². The number of Topliss-reactive ketones (excluding diaryl/α,β-unsaturated/α-hetero) is 1. The van der Waals surface area contributed by atoms with Gasteiger partial charge in [-0.3, -0.25) is 9.69 Å². The lowest BCUT2D eigenvalue weighted by Gasteiger charge is -2.36. The van der Waals surface area contributed by atoms with E-state index in [2.05, 4.69) is 9.80 Å². The summed E-state index contributed by atoms with van der Waals surface area (Å²) >= 11 is 0. The fourth-order valence-electron chi connectivity index (χ4n) is 3.18. The second kappa shape index (κ2) is 7.66. The Labute approximate surface area is 147 Å². The van der Waals surface area contributed by atoms with Crippen LogP contribution < -0.4 is 9.64 Å². The zero-order valence-corrected chi connectivity index (χ0v) is 14.7. The van der Waals surface area contributed by atoms with Crippen molar-refractivity contribution in [2.24, 2.45) is 0 Å². The number of halogens is 1. The first-order valence-corrected chi connectivity index (χ1v) is 8.47. The summed E-state index contributed by atoms with van der Waals surface area (Å²) in [6, 6.07) is 12.4. The molecule has 2 aromatic rings. The Morgan fingerprint density at radius 3 is 2.36 bits per heavy atom. The van der Waals surface area contributed by atoms with Gasteiger partial charge in [0.15, 0.2) is 5.78 Å². The Kier molecular flexibility index (Phi) is 5.34. The van der Waals surface area contributed by atoms with Crippen LogP contribution in [0.5, 0.6) is 5.75 Å². The van der Waals surface area contributed by atoms with E-state index in [-0.39, 0.29) is 11.6 Å². The monoisotopic (exact) mass is 342 g/mol. The van der Waals surface area contributed by atoms with Gasteiger partial charge in [0.2, 0.25) is 0 Å². The lowest BCUT2D eigenvalue weighted by molar-refractivity contribution is 0.101. The Morgan fingerprint density at radius 1 is 1.08 bits per heavy atom. The molecule has 1 saturated heterocycles. The first kappa shape index (κ1) is 17.4. The van der Waals surface area contributed by atoms with Crippen molar-refractivity contribution >= 4 is 11.5 Å².